The van der Waals surface area contributed by atoms with Crippen LogP contribution in [0.2, 0.25) is 0 Å². The van der Waals surface area contributed by atoms with E-state index in [9.17, 15) is 14.4 Å². The minimum absolute atomic E-state index is 0.0895. The van der Waals surface area contributed by atoms with Gasteiger partial charge in [-0.05, 0) is 33.3 Å². The molecule has 0 bridgehead atoms. The number of rotatable bonds is 4. The van der Waals surface area contributed by atoms with E-state index in [-0.39, 0.29) is 18.9 Å². The van der Waals surface area contributed by atoms with E-state index in [1.165, 1.54) is 0 Å². The molecule has 0 aliphatic rings. The Morgan fingerprint density at radius 2 is 1.76 bits per heavy atom. The van der Waals surface area contributed by atoms with Crippen LogP contribution in [0.25, 0.3) is 0 Å². The molecule has 0 unspecified atom stereocenters. The standard InChI is InChI=1S/C16H21NO4/c1-5-17(15(20)21-16(2,3)4)14(19)10-12-6-8-13(11-18)9-7-12/h6-9,11H,5,10H2,1-4H3. The van der Waals surface area contributed by atoms with Crippen molar-refractivity contribution in [2.75, 3.05) is 6.54 Å². The van der Waals surface area contributed by atoms with Crippen molar-refractivity contribution in [1.29, 1.82) is 0 Å². The number of carbonyl (C=O) groups excluding carboxylic acids is 3. The Hall–Kier alpha value is -2.17. The Morgan fingerprint density at radius 1 is 1.19 bits per heavy atom. The lowest BCUT2D eigenvalue weighted by Gasteiger charge is -2.25. The molecule has 5 nitrogen and oxygen atoms in total. The minimum Gasteiger partial charge on any atom is -0.443 e. The first-order chi connectivity index (χ1) is 9.76. The first-order valence-corrected chi connectivity index (χ1v) is 6.84. The van der Waals surface area contributed by atoms with Crippen molar-refractivity contribution in [2.24, 2.45) is 0 Å². The third-order valence-electron chi connectivity index (χ3n) is 2.70. The number of ether oxygens (including phenoxy) is 1. The average molecular weight is 291 g/mol. The number of likely N-dealkylation sites (N-methyl/N-ethyl adjacent to an activating group) is 1. The second-order valence-electron chi connectivity index (χ2n) is 5.65. The normalized spacial score (nSPS) is 10.9. The second-order valence-corrected chi connectivity index (χ2v) is 5.65. The summed E-state index contributed by atoms with van der Waals surface area (Å²) in [7, 11) is 0. The van der Waals surface area contributed by atoms with Gasteiger partial charge in [-0.1, -0.05) is 24.3 Å². The highest BCUT2D eigenvalue weighted by molar-refractivity contribution is 5.93. The van der Waals surface area contributed by atoms with Crippen molar-refractivity contribution in [3.05, 3.63) is 35.4 Å². The summed E-state index contributed by atoms with van der Waals surface area (Å²) in [6, 6.07) is 6.67. The molecule has 5 heteroatoms. The van der Waals surface area contributed by atoms with E-state index in [2.05, 4.69) is 0 Å². The number of benzene rings is 1. The topological polar surface area (TPSA) is 63.7 Å². The van der Waals surface area contributed by atoms with Crippen LogP contribution in [0.15, 0.2) is 24.3 Å². The predicted molar refractivity (Wildman–Crippen MR) is 79.2 cm³/mol. The van der Waals surface area contributed by atoms with E-state index in [4.69, 9.17) is 4.74 Å². The molecule has 0 heterocycles. The van der Waals surface area contributed by atoms with Gasteiger partial charge >= 0.3 is 6.09 Å². The lowest BCUT2D eigenvalue weighted by atomic mass is 10.1. The van der Waals surface area contributed by atoms with Crippen LogP contribution in [-0.4, -0.2) is 35.3 Å². The summed E-state index contributed by atoms with van der Waals surface area (Å²) in [6.07, 6.45) is 0.191. The molecule has 0 saturated carbocycles. The Labute approximate surface area is 124 Å². The van der Waals surface area contributed by atoms with Gasteiger partial charge in [0.15, 0.2) is 0 Å². The number of hydrogen-bond donors (Lipinski definition) is 0. The highest BCUT2D eigenvalue weighted by Crippen LogP contribution is 2.12. The van der Waals surface area contributed by atoms with E-state index in [1.807, 2.05) is 0 Å². The van der Waals surface area contributed by atoms with Crippen LogP contribution in [0.3, 0.4) is 0 Å². The molecule has 0 radical (unpaired) electrons. The molecule has 0 aliphatic heterocycles. The predicted octanol–water partition coefficient (Wildman–Crippen LogP) is 2.83. The van der Waals surface area contributed by atoms with Crippen molar-refractivity contribution in [3.8, 4) is 0 Å². The third kappa shape index (κ3) is 5.38. The summed E-state index contributed by atoms with van der Waals surface area (Å²) in [5.74, 6) is -0.328. The van der Waals surface area contributed by atoms with Crippen molar-refractivity contribution >= 4 is 18.3 Å². The number of carbonyl (C=O) groups is 3. The molecular formula is C16H21NO4. The molecule has 1 rings (SSSR count). The summed E-state index contributed by atoms with van der Waals surface area (Å²) in [4.78, 5) is 35.8. The van der Waals surface area contributed by atoms with Gasteiger partial charge in [-0.2, -0.15) is 0 Å². The van der Waals surface area contributed by atoms with Gasteiger partial charge in [-0.25, -0.2) is 9.69 Å². The maximum absolute atomic E-state index is 12.2. The van der Waals surface area contributed by atoms with Crippen LogP contribution in [-0.2, 0) is 16.0 Å². The van der Waals surface area contributed by atoms with Crippen LogP contribution in [0.4, 0.5) is 4.79 Å². The van der Waals surface area contributed by atoms with E-state index >= 15 is 0 Å². The largest absolute Gasteiger partial charge is 0.443 e. The van der Waals surface area contributed by atoms with Gasteiger partial charge in [0.25, 0.3) is 0 Å². The van der Waals surface area contributed by atoms with Gasteiger partial charge in [0.05, 0.1) is 6.42 Å². The molecule has 21 heavy (non-hydrogen) atoms. The van der Waals surface area contributed by atoms with Gasteiger partial charge in [0, 0.05) is 12.1 Å². The van der Waals surface area contributed by atoms with E-state index in [0.29, 0.717) is 5.56 Å². The fraction of sp³-hybridized carbons (Fsp3) is 0.438. The minimum atomic E-state index is -0.642. The number of imide groups is 1. The van der Waals surface area contributed by atoms with Crippen molar-refractivity contribution in [3.63, 3.8) is 0 Å². The molecule has 0 aromatic heterocycles. The smallest absolute Gasteiger partial charge is 0.417 e. The molecule has 1 aromatic carbocycles. The number of aldehydes is 1. The zero-order valence-electron chi connectivity index (χ0n) is 12.9. The van der Waals surface area contributed by atoms with Gasteiger partial charge in [-0.15, -0.1) is 0 Å². The Bertz CT molecular complexity index is 514. The second kappa shape index (κ2) is 7.02. The number of nitrogens with zero attached hydrogens (tertiary/aromatic N) is 1. The first-order valence-electron chi connectivity index (χ1n) is 6.84. The zero-order chi connectivity index (χ0) is 16.0. The first kappa shape index (κ1) is 16.9. The third-order valence-corrected chi connectivity index (χ3v) is 2.70. The Balaban J connectivity index is 2.74. The lowest BCUT2D eigenvalue weighted by molar-refractivity contribution is -0.129. The van der Waals surface area contributed by atoms with Gasteiger partial charge < -0.3 is 4.74 Å². The van der Waals surface area contributed by atoms with Crippen LogP contribution in [0, 0.1) is 0 Å². The van der Waals surface area contributed by atoms with Gasteiger partial charge in [-0.3, -0.25) is 9.59 Å². The SMILES string of the molecule is CCN(C(=O)Cc1ccc(C=O)cc1)C(=O)OC(C)(C)C. The van der Waals surface area contributed by atoms with Crippen LogP contribution >= 0.6 is 0 Å². The summed E-state index contributed by atoms with van der Waals surface area (Å²) >= 11 is 0. The summed E-state index contributed by atoms with van der Waals surface area (Å²) in [5.41, 5.74) is 0.648. The van der Waals surface area contributed by atoms with E-state index < -0.39 is 11.7 Å². The highest BCUT2D eigenvalue weighted by atomic mass is 16.6. The van der Waals surface area contributed by atoms with E-state index in [1.54, 1.807) is 52.0 Å². The Morgan fingerprint density at radius 3 is 2.19 bits per heavy atom. The maximum atomic E-state index is 12.2. The highest BCUT2D eigenvalue weighted by Gasteiger charge is 2.25. The molecule has 0 N–H and O–H groups in total. The summed E-state index contributed by atoms with van der Waals surface area (Å²) < 4.78 is 5.21. The quantitative estimate of drug-likeness (QED) is 0.800. The molecule has 2 amide bonds. The monoisotopic (exact) mass is 291 g/mol. The molecule has 0 atom stereocenters. The van der Waals surface area contributed by atoms with Crippen molar-refractivity contribution in [2.45, 2.75) is 39.7 Å². The van der Waals surface area contributed by atoms with Crippen molar-refractivity contribution < 1.29 is 19.1 Å². The molecule has 114 valence electrons. The molecule has 0 saturated heterocycles. The average Bonchev–Trinajstić information content (AvgIpc) is 2.38. The number of amides is 2. The Kier molecular flexibility index (Phi) is 5.64. The van der Waals surface area contributed by atoms with Crippen molar-refractivity contribution in [1.82, 2.24) is 4.90 Å². The fourth-order valence-electron chi connectivity index (χ4n) is 1.71. The van der Waals surface area contributed by atoms with Gasteiger partial charge in [0.2, 0.25) is 5.91 Å². The molecule has 0 fully saturated rings. The van der Waals surface area contributed by atoms with Crippen LogP contribution in [0.5, 0.6) is 0 Å². The molecular weight excluding hydrogens is 270 g/mol. The van der Waals surface area contributed by atoms with Crippen LogP contribution in [0.1, 0.15) is 43.6 Å². The fourth-order valence-corrected chi connectivity index (χ4v) is 1.71. The number of hydrogen-bond acceptors (Lipinski definition) is 4. The molecule has 0 aliphatic carbocycles. The van der Waals surface area contributed by atoms with Crippen LogP contribution < -0.4 is 0 Å². The summed E-state index contributed by atoms with van der Waals surface area (Å²) in [6.45, 7) is 7.22. The summed E-state index contributed by atoms with van der Waals surface area (Å²) in [5, 5.41) is 0. The molecule has 0 spiro atoms. The molecule has 1 aromatic rings. The zero-order valence-corrected chi connectivity index (χ0v) is 12.9. The van der Waals surface area contributed by atoms with Gasteiger partial charge in [0.1, 0.15) is 11.9 Å². The van der Waals surface area contributed by atoms with E-state index in [0.717, 1.165) is 16.7 Å². The lowest BCUT2D eigenvalue weighted by Crippen LogP contribution is -2.41. The maximum Gasteiger partial charge on any atom is 0.417 e.